The molecule has 0 spiro atoms. The summed E-state index contributed by atoms with van der Waals surface area (Å²) in [5, 5.41) is 0. The summed E-state index contributed by atoms with van der Waals surface area (Å²) in [6.45, 7) is 4.16. The lowest BCUT2D eigenvalue weighted by Crippen LogP contribution is -2.49. The molecule has 0 aliphatic carbocycles. The molecule has 0 radical (unpaired) electrons. The van der Waals surface area contributed by atoms with Crippen LogP contribution in [0, 0.1) is 0 Å². The number of hydrogen-bond donors (Lipinski definition) is 0. The number of amides is 1. The summed E-state index contributed by atoms with van der Waals surface area (Å²) >= 11 is 0. The van der Waals surface area contributed by atoms with E-state index in [-0.39, 0.29) is 12.0 Å². The number of carbonyl (C=O) groups excluding carboxylic acids is 1. The van der Waals surface area contributed by atoms with Crippen LogP contribution in [0.25, 0.3) is 0 Å². The first kappa shape index (κ1) is 15.9. The quantitative estimate of drug-likeness (QED) is 0.729. The van der Waals surface area contributed by atoms with Gasteiger partial charge in [-0.25, -0.2) is 4.98 Å². The monoisotopic (exact) mass is 296 g/mol. The van der Waals surface area contributed by atoms with Crippen molar-refractivity contribution in [3.05, 3.63) is 18.2 Å². The second-order valence-electron chi connectivity index (χ2n) is 5.36. The summed E-state index contributed by atoms with van der Waals surface area (Å²) in [4.78, 5) is 20.2. The molecule has 0 unspecified atom stereocenters. The van der Waals surface area contributed by atoms with E-state index in [1.165, 1.54) is 0 Å². The fraction of sp³-hybridized carbons (Fsp3) is 0.714. The van der Waals surface area contributed by atoms with Gasteiger partial charge in [0.1, 0.15) is 11.9 Å². The zero-order valence-electron chi connectivity index (χ0n) is 13.0. The third-order valence-electron chi connectivity index (χ3n) is 3.57. The van der Waals surface area contributed by atoms with Gasteiger partial charge >= 0.3 is 0 Å². The Kier molecular flexibility index (Phi) is 5.72. The molecule has 1 fully saturated rings. The largest absolute Gasteiger partial charge is 0.383 e. The predicted octanol–water partition coefficient (Wildman–Crippen LogP) is -0.181. The van der Waals surface area contributed by atoms with Crippen LogP contribution < -0.4 is 0 Å². The summed E-state index contributed by atoms with van der Waals surface area (Å²) in [6, 6.07) is 0. The number of morpholine rings is 1. The standard InChI is InChI=1S/C14H24N4O3/c1-16(2)14(19)12-10-17(6-9-21-12)11-13-15-4-5-18(13)7-8-20-3/h4-5,12H,6-11H2,1-3H3/t12-/m0/s1. The average molecular weight is 296 g/mol. The molecular weight excluding hydrogens is 272 g/mol. The Labute approximate surface area is 125 Å². The van der Waals surface area contributed by atoms with Crippen molar-refractivity contribution in [3.8, 4) is 0 Å². The highest BCUT2D eigenvalue weighted by Gasteiger charge is 2.28. The van der Waals surface area contributed by atoms with Crippen LogP contribution in [0.3, 0.4) is 0 Å². The van der Waals surface area contributed by atoms with Crippen molar-refractivity contribution in [2.75, 3.05) is 47.5 Å². The number of carbonyl (C=O) groups is 1. The number of likely N-dealkylation sites (N-methyl/N-ethyl adjacent to an activating group) is 1. The van der Waals surface area contributed by atoms with Crippen LogP contribution in [0.1, 0.15) is 5.82 Å². The fourth-order valence-electron chi connectivity index (χ4n) is 2.37. The van der Waals surface area contributed by atoms with Crippen molar-refractivity contribution >= 4 is 5.91 Å². The SMILES string of the molecule is COCCn1ccnc1CN1CCO[C@H](C(=O)N(C)C)C1. The highest BCUT2D eigenvalue weighted by atomic mass is 16.5. The zero-order chi connectivity index (χ0) is 15.2. The van der Waals surface area contributed by atoms with Gasteiger partial charge in [-0.15, -0.1) is 0 Å². The van der Waals surface area contributed by atoms with Crippen LogP contribution in [0.5, 0.6) is 0 Å². The molecule has 7 nitrogen and oxygen atoms in total. The third-order valence-corrected chi connectivity index (χ3v) is 3.57. The molecule has 1 atom stereocenters. The lowest BCUT2D eigenvalue weighted by molar-refractivity contribution is -0.147. The van der Waals surface area contributed by atoms with E-state index in [9.17, 15) is 4.79 Å². The van der Waals surface area contributed by atoms with E-state index in [1.54, 1.807) is 32.3 Å². The van der Waals surface area contributed by atoms with Gasteiger partial charge in [-0.1, -0.05) is 0 Å². The van der Waals surface area contributed by atoms with Gasteiger partial charge < -0.3 is 18.9 Å². The smallest absolute Gasteiger partial charge is 0.252 e. The molecule has 118 valence electrons. The maximum Gasteiger partial charge on any atom is 0.252 e. The molecule has 1 aromatic rings. The topological polar surface area (TPSA) is 59.8 Å². The van der Waals surface area contributed by atoms with Gasteiger partial charge in [-0.3, -0.25) is 9.69 Å². The summed E-state index contributed by atoms with van der Waals surface area (Å²) in [5.41, 5.74) is 0. The van der Waals surface area contributed by atoms with E-state index in [2.05, 4.69) is 14.5 Å². The van der Waals surface area contributed by atoms with E-state index in [1.807, 2.05) is 6.20 Å². The number of imidazole rings is 1. The van der Waals surface area contributed by atoms with Crippen LogP contribution in [0.4, 0.5) is 0 Å². The maximum absolute atomic E-state index is 12.0. The third kappa shape index (κ3) is 4.26. The summed E-state index contributed by atoms with van der Waals surface area (Å²) in [7, 11) is 5.19. The van der Waals surface area contributed by atoms with Gasteiger partial charge in [0.15, 0.2) is 0 Å². The Balaban J connectivity index is 1.93. The number of aromatic nitrogens is 2. The highest BCUT2D eigenvalue weighted by molar-refractivity contribution is 5.80. The Hall–Kier alpha value is -1.44. The number of hydrogen-bond acceptors (Lipinski definition) is 5. The normalized spacial score (nSPS) is 19.7. The van der Waals surface area contributed by atoms with E-state index >= 15 is 0 Å². The van der Waals surface area contributed by atoms with Crippen molar-refractivity contribution in [2.45, 2.75) is 19.2 Å². The molecule has 21 heavy (non-hydrogen) atoms. The first-order chi connectivity index (χ1) is 10.1. The molecule has 2 heterocycles. The lowest BCUT2D eigenvalue weighted by atomic mass is 10.2. The zero-order valence-corrected chi connectivity index (χ0v) is 13.0. The summed E-state index contributed by atoms with van der Waals surface area (Å²) < 4.78 is 12.8. The van der Waals surface area contributed by atoms with Gasteiger partial charge in [-0.05, 0) is 0 Å². The molecule has 1 amide bonds. The van der Waals surface area contributed by atoms with E-state index in [0.717, 1.165) is 25.5 Å². The number of methoxy groups -OCH3 is 1. The Morgan fingerprint density at radius 3 is 3.10 bits per heavy atom. The van der Waals surface area contributed by atoms with E-state index in [4.69, 9.17) is 9.47 Å². The Bertz CT molecular complexity index is 461. The number of ether oxygens (including phenoxy) is 2. The molecule has 1 aliphatic rings. The molecule has 0 bridgehead atoms. The second-order valence-corrected chi connectivity index (χ2v) is 5.36. The average Bonchev–Trinajstić information content (AvgIpc) is 2.91. The molecule has 2 rings (SSSR count). The lowest BCUT2D eigenvalue weighted by Gasteiger charge is -2.33. The first-order valence-corrected chi connectivity index (χ1v) is 7.16. The molecular formula is C14H24N4O3. The number of rotatable bonds is 6. The van der Waals surface area contributed by atoms with Crippen molar-refractivity contribution in [1.82, 2.24) is 19.4 Å². The molecule has 1 saturated heterocycles. The van der Waals surface area contributed by atoms with Crippen molar-refractivity contribution in [3.63, 3.8) is 0 Å². The van der Waals surface area contributed by atoms with Crippen LogP contribution in [-0.4, -0.2) is 78.9 Å². The first-order valence-electron chi connectivity index (χ1n) is 7.16. The minimum absolute atomic E-state index is 0.0161. The molecule has 7 heteroatoms. The van der Waals surface area contributed by atoms with Gasteiger partial charge in [0, 0.05) is 53.2 Å². The van der Waals surface area contributed by atoms with Crippen LogP contribution in [0.15, 0.2) is 12.4 Å². The Morgan fingerprint density at radius 2 is 2.38 bits per heavy atom. The predicted molar refractivity (Wildman–Crippen MR) is 77.8 cm³/mol. The molecule has 1 aliphatic heterocycles. The van der Waals surface area contributed by atoms with Gasteiger partial charge in [0.05, 0.1) is 19.8 Å². The fourth-order valence-corrected chi connectivity index (χ4v) is 2.37. The second kappa shape index (κ2) is 7.53. The molecule has 1 aromatic heterocycles. The van der Waals surface area contributed by atoms with Crippen LogP contribution >= 0.6 is 0 Å². The van der Waals surface area contributed by atoms with E-state index < -0.39 is 0 Å². The van der Waals surface area contributed by atoms with E-state index in [0.29, 0.717) is 19.8 Å². The van der Waals surface area contributed by atoms with Crippen LogP contribution in [-0.2, 0) is 27.4 Å². The van der Waals surface area contributed by atoms with Crippen molar-refractivity contribution < 1.29 is 14.3 Å². The van der Waals surface area contributed by atoms with Crippen LogP contribution in [0.2, 0.25) is 0 Å². The molecule has 0 aromatic carbocycles. The minimum atomic E-state index is -0.379. The molecule has 0 N–H and O–H groups in total. The van der Waals surface area contributed by atoms with Crippen molar-refractivity contribution in [2.24, 2.45) is 0 Å². The maximum atomic E-state index is 12.0. The summed E-state index contributed by atoms with van der Waals surface area (Å²) in [6.07, 6.45) is 3.38. The number of nitrogens with zero attached hydrogens (tertiary/aromatic N) is 4. The van der Waals surface area contributed by atoms with Gasteiger partial charge in [0.2, 0.25) is 0 Å². The summed E-state index contributed by atoms with van der Waals surface area (Å²) in [5.74, 6) is 1.01. The molecule has 0 saturated carbocycles. The van der Waals surface area contributed by atoms with Gasteiger partial charge in [-0.2, -0.15) is 0 Å². The Morgan fingerprint density at radius 1 is 1.57 bits per heavy atom. The minimum Gasteiger partial charge on any atom is -0.383 e. The van der Waals surface area contributed by atoms with Crippen molar-refractivity contribution in [1.29, 1.82) is 0 Å². The highest BCUT2D eigenvalue weighted by Crippen LogP contribution is 2.11. The van der Waals surface area contributed by atoms with Gasteiger partial charge in [0.25, 0.3) is 5.91 Å².